The molecule has 0 aliphatic rings. The molecule has 0 radical (unpaired) electrons. The molecule has 0 saturated heterocycles. The molecule has 0 bridgehead atoms. The minimum atomic E-state index is -1.39. The predicted molar refractivity (Wildman–Crippen MR) is 52.2 cm³/mol. The van der Waals surface area contributed by atoms with E-state index in [-0.39, 0.29) is 5.69 Å². The third-order valence-corrected chi connectivity index (χ3v) is 1.65. The van der Waals surface area contributed by atoms with Gasteiger partial charge in [0.15, 0.2) is 0 Å². The van der Waals surface area contributed by atoms with Crippen molar-refractivity contribution in [1.82, 2.24) is 0 Å². The number of carboxylic acid groups (broad SMARTS) is 1. The molecule has 1 amide bonds. The summed E-state index contributed by atoms with van der Waals surface area (Å²) in [6.45, 7) is 3.23. The zero-order valence-electron chi connectivity index (χ0n) is 7.66. The molecule has 0 unspecified atom stereocenters. The predicted octanol–water partition coefficient (Wildman–Crippen LogP) is 1.65. The van der Waals surface area contributed by atoms with Gasteiger partial charge in [-0.2, -0.15) is 0 Å². The number of carbonyl (C=O) groups is 2. The third-order valence-electron chi connectivity index (χ3n) is 1.65. The van der Waals surface area contributed by atoms with Crippen LogP contribution in [-0.2, 0) is 4.79 Å². The molecule has 2 N–H and O–H groups in total. The first-order valence-corrected chi connectivity index (χ1v) is 4.01. The average molecular weight is 209 g/mol. The average Bonchev–Trinajstić information content (AvgIpc) is 2.20. The Bertz CT molecular complexity index is 429. The topological polar surface area (TPSA) is 66.4 Å². The van der Waals surface area contributed by atoms with Crippen LogP contribution in [0.4, 0.5) is 10.1 Å². The number of rotatable bonds is 3. The van der Waals surface area contributed by atoms with Crippen molar-refractivity contribution in [2.45, 2.75) is 0 Å². The van der Waals surface area contributed by atoms with Crippen LogP contribution >= 0.6 is 0 Å². The van der Waals surface area contributed by atoms with Gasteiger partial charge >= 0.3 is 5.97 Å². The standard InChI is InChI=1S/C10H8FNO3/c1-2-9(13)12-6-3-4-8(11)7(5-6)10(14)15/h2-5H,1H2,(H,12,13)(H,14,15). The summed E-state index contributed by atoms with van der Waals surface area (Å²) in [5.41, 5.74) is -0.282. The summed E-state index contributed by atoms with van der Waals surface area (Å²) in [5.74, 6) is -2.72. The molecule has 1 aromatic carbocycles. The summed E-state index contributed by atoms with van der Waals surface area (Å²) in [5, 5.41) is 10.9. The Morgan fingerprint density at radius 2 is 2.13 bits per heavy atom. The van der Waals surface area contributed by atoms with Crippen LogP contribution in [0.3, 0.4) is 0 Å². The van der Waals surface area contributed by atoms with Crippen molar-refractivity contribution in [3.63, 3.8) is 0 Å². The Hall–Kier alpha value is -2.17. The van der Waals surface area contributed by atoms with E-state index in [9.17, 15) is 14.0 Å². The van der Waals surface area contributed by atoms with Gasteiger partial charge in [0, 0.05) is 5.69 Å². The van der Waals surface area contributed by atoms with Crippen LogP contribution in [0.1, 0.15) is 10.4 Å². The molecule has 78 valence electrons. The van der Waals surface area contributed by atoms with Crippen molar-refractivity contribution in [2.75, 3.05) is 5.32 Å². The van der Waals surface area contributed by atoms with Crippen LogP contribution in [0.2, 0.25) is 0 Å². The number of benzene rings is 1. The first kappa shape index (κ1) is 10.9. The number of carboxylic acids is 1. The smallest absolute Gasteiger partial charge is 0.338 e. The SMILES string of the molecule is C=CC(=O)Nc1ccc(F)c(C(=O)O)c1. The van der Waals surface area contributed by atoms with Crippen molar-refractivity contribution in [3.8, 4) is 0 Å². The molecule has 0 aliphatic heterocycles. The fraction of sp³-hybridized carbons (Fsp3) is 0. The summed E-state index contributed by atoms with van der Waals surface area (Å²) in [6.07, 6.45) is 1.03. The highest BCUT2D eigenvalue weighted by molar-refractivity contribution is 5.99. The maximum Gasteiger partial charge on any atom is 0.338 e. The van der Waals surface area contributed by atoms with Gasteiger partial charge < -0.3 is 10.4 Å². The van der Waals surface area contributed by atoms with Crippen LogP contribution in [0.5, 0.6) is 0 Å². The van der Waals surface area contributed by atoms with E-state index in [1.165, 1.54) is 6.07 Å². The summed E-state index contributed by atoms with van der Waals surface area (Å²) in [4.78, 5) is 21.4. The second-order valence-corrected chi connectivity index (χ2v) is 2.69. The molecule has 0 spiro atoms. The van der Waals surface area contributed by atoms with Gasteiger partial charge in [-0.25, -0.2) is 9.18 Å². The molecule has 0 atom stereocenters. The Labute approximate surface area is 85.0 Å². The van der Waals surface area contributed by atoms with Crippen molar-refractivity contribution >= 4 is 17.6 Å². The fourth-order valence-electron chi connectivity index (χ4n) is 0.960. The van der Waals surface area contributed by atoms with Crippen LogP contribution < -0.4 is 5.32 Å². The van der Waals surface area contributed by atoms with Gasteiger partial charge in [0.05, 0.1) is 5.56 Å². The minimum Gasteiger partial charge on any atom is -0.478 e. The van der Waals surface area contributed by atoms with Crippen LogP contribution in [0.25, 0.3) is 0 Å². The molecule has 0 aliphatic carbocycles. The summed E-state index contributed by atoms with van der Waals surface area (Å²) >= 11 is 0. The number of anilines is 1. The molecule has 1 aromatic rings. The van der Waals surface area contributed by atoms with E-state index in [4.69, 9.17) is 5.11 Å². The molecule has 5 heteroatoms. The quantitative estimate of drug-likeness (QED) is 0.744. The van der Waals surface area contributed by atoms with Gasteiger partial charge in [0.2, 0.25) is 5.91 Å². The van der Waals surface area contributed by atoms with E-state index >= 15 is 0 Å². The van der Waals surface area contributed by atoms with Crippen LogP contribution in [0, 0.1) is 5.82 Å². The highest BCUT2D eigenvalue weighted by Crippen LogP contribution is 2.14. The molecule has 0 aromatic heterocycles. The summed E-state index contributed by atoms with van der Waals surface area (Å²) in [7, 11) is 0. The van der Waals surface area contributed by atoms with E-state index in [1.54, 1.807) is 0 Å². The van der Waals surface area contributed by atoms with Crippen LogP contribution in [-0.4, -0.2) is 17.0 Å². The number of nitrogens with one attached hydrogen (secondary N) is 1. The third kappa shape index (κ3) is 2.63. The lowest BCUT2D eigenvalue weighted by molar-refractivity contribution is -0.111. The lowest BCUT2D eigenvalue weighted by Crippen LogP contribution is -2.09. The normalized spacial score (nSPS) is 9.40. The molecule has 0 fully saturated rings. The van der Waals surface area contributed by atoms with Crippen molar-refractivity contribution in [3.05, 3.63) is 42.2 Å². The van der Waals surface area contributed by atoms with Gasteiger partial charge in [-0.3, -0.25) is 4.79 Å². The van der Waals surface area contributed by atoms with Gasteiger partial charge in [-0.15, -0.1) is 0 Å². The lowest BCUT2D eigenvalue weighted by atomic mass is 10.2. The number of hydrogen-bond acceptors (Lipinski definition) is 2. The number of amides is 1. The Balaban J connectivity index is 3.02. The molecule has 4 nitrogen and oxygen atoms in total. The van der Waals surface area contributed by atoms with Crippen molar-refractivity contribution < 1.29 is 19.1 Å². The van der Waals surface area contributed by atoms with Crippen LogP contribution in [0.15, 0.2) is 30.9 Å². The highest BCUT2D eigenvalue weighted by atomic mass is 19.1. The minimum absolute atomic E-state index is 0.207. The van der Waals surface area contributed by atoms with E-state index in [1.807, 2.05) is 0 Å². The Kier molecular flexibility index (Phi) is 3.17. The van der Waals surface area contributed by atoms with E-state index in [0.717, 1.165) is 18.2 Å². The molecular formula is C10H8FNO3. The monoisotopic (exact) mass is 209 g/mol. The second kappa shape index (κ2) is 4.36. The van der Waals surface area contributed by atoms with Crippen molar-refractivity contribution in [1.29, 1.82) is 0 Å². The van der Waals surface area contributed by atoms with Gasteiger partial charge in [0.25, 0.3) is 0 Å². The highest BCUT2D eigenvalue weighted by Gasteiger charge is 2.11. The Morgan fingerprint density at radius 3 is 2.67 bits per heavy atom. The first-order valence-electron chi connectivity index (χ1n) is 4.01. The molecule has 1 rings (SSSR count). The number of hydrogen-bond donors (Lipinski definition) is 2. The van der Waals surface area contributed by atoms with E-state index in [0.29, 0.717) is 0 Å². The number of carbonyl (C=O) groups excluding carboxylic acids is 1. The number of aromatic carboxylic acids is 1. The lowest BCUT2D eigenvalue weighted by Gasteiger charge is -2.03. The molecular weight excluding hydrogens is 201 g/mol. The maximum atomic E-state index is 12.9. The maximum absolute atomic E-state index is 12.9. The molecule has 0 saturated carbocycles. The summed E-state index contributed by atoms with van der Waals surface area (Å²) in [6, 6.07) is 3.28. The molecule has 15 heavy (non-hydrogen) atoms. The summed E-state index contributed by atoms with van der Waals surface area (Å²) < 4.78 is 12.9. The Morgan fingerprint density at radius 1 is 1.47 bits per heavy atom. The number of halogens is 1. The first-order chi connectivity index (χ1) is 7.04. The zero-order valence-corrected chi connectivity index (χ0v) is 7.66. The largest absolute Gasteiger partial charge is 0.478 e. The van der Waals surface area contributed by atoms with Gasteiger partial charge in [-0.05, 0) is 24.3 Å². The second-order valence-electron chi connectivity index (χ2n) is 2.69. The zero-order chi connectivity index (χ0) is 11.4. The fourth-order valence-corrected chi connectivity index (χ4v) is 0.960. The van der Waals surface area contributed by atoms with E-state index < -0.39 is 23.3 Å². The molecule has 0 heterocycles. The van der Waals surface area contributed by atoms with Gasteiger partial charge in [0.1, 0.15) is 5.82 Å². The van der Waals surface area contributed by atoms with Gasteiger partial charge in [-0.1, -0.05) is 6.58 Å². The van der Waals surface area contributed by atoms with Crippen molar-refractivity contribution in [2.24, 2.45) is 0 Å². The van der Waals surface area contributed by atoms with E-state index in [2.05, 4.69) is 11.9 Å².